The Kier molecular flexibility index (Phi) is 5.52. The summed E-state index contributed by atoms with van der Waals surface area (Å²) >= 11 is 0. The molecule has 0 atom stereocenters. The highest BCUT2D eigenvalue weighted by molar-refractivity contribution is 5.95. The van der Waals surface area contributed by atoms with Crippen molar-refractivity contribution in [2.75, 3.05) is 12.0 Å². The third-order valence-electron chi connectivity index (χ3n) is 5.18. The van der Waals surface area contributed by atoms with E-state index >= 15 is 0 Å². The number of aromatic nitrogens is 2. The second-order valence-corrected chi connectivity index (χ2v) is 7.29. The number of aryl methyl sites for hydroxylation is 2. The highest BCUT2D eigenvalue weighted by atomic mass is 16.5. The zero-order chi connectivity index (χ0) is 21.1. The number of nitrogens with one attached hydrogen (secondary N) is 1. The lowest BCUT2D eigenvalue weighted by Crippen LogP contribution is -2.36. The van der Waals surface area contributed by atoms with Crippen LogP contribution >= 0.6 is 0 Å². The molecular formula is C23H24N4O3. The maximum atomic E-state index is 12.5. The highest BCUT2D eigenvalue weighted by Crippen LogP contribution is 2.24. The average molecular weight is 404 g/mol. The molecule has 1 aromatic heterocycles. The van der Waals surface area contributed by atoms with Crippen molar-refractivity contribution in [3.05, 3.63) is 77.0 Å². The van der Waals surface area contributed by atoms with Gasteiger partial charge in [0.05, 0.1) is 25.9 Å². The van der Waals surface area contributed by atoms with Crippen LogP contribution in [0.3, 0.4) is 0 Å². The first-order chi connectivity index (χ1) is 14.5. The molecule has 7 heteroatoms. The number of fused-ring (bicyclic) bond motifs is 1. The van der Waals surface area contributed by atoms with Gasteiger partial charge in [0.1, 0.15) is 11.6 Å². The van der Waals surface area contributed by atoms with Gasteiger partial charge in [-0.25, -0.2) is 4.68 Å². The molecule has 3 aromatic rings. The maximum Gasteiger partial charge on any atom is 0.251 e. The number of methoxy groups -OCH3 is 1. The van der Waals surface area contributed by atoms with Gasteiger partial charge >= 0.3 is 0 Å². The van der Waals surface area contributed by atoms with Gasteiger partial charge in [-0.2, -0.15) is 5.10 Å². The van der Waals surface area contributed by atoms with E-state index in [9.17, 15) is 9.59 Å². The lowest BCUT2D eigenvalue weighted by atomic mass is 10.1. The van der Waals surface area contributed by atoms with E-state index in [4.69, 9.17) is 4.74 Å². The summed E-state index contributed by atoms with van der Waals surface area (Å²) in [6.45, 7) is 3.37. The first-order valence-electron chi connectivity index (χ1n) is 9.89. The Hall–Kier alpha value is -3.61. The summed E-state index contributed by atoms with van der Waals surface area (Å²) in [5.74, 6) is 1.49. The quantitative estimate of drug-likeness (QED) is 0.685. The van der Waals surface area contributed by atoms with Crippen LogP contribution in [0.4, 0.5) is 5.82 Å². The van der Waals surface area contributed by atoms with Crippen molar-refractivity contribution in [1.29, 1.82) is 0 Å². The van der Waals surface area contributed by atoms with Crippen LogP contribution in [0.2, 0.25) is 0 Å². The molecule has 30 heavy (non-hydrogen) atoms. The summed E-state index contributed by atoms with van der Waals surface area (Å²) in [5.41, 5.74) is 3.34. The molecule has 1 N–H and O–H groups in total. The fourth-order valence-electron chi connectivity index (χ4n) is 3.62. The van der Waals surface area contributed by atoms with Gasteiger partial charge in [-0.05, 0) is 30.7 Å². The fourth-order valence-corrected chi connectivity index (χ4v) is 3.62. The number of para-hydroxylation sites is 1. The van der Waals surface area contributed by atoms with Gasteiger partial charge in [0.25, 0.3) is 5.91 Å². The predicted octanol–water partition coefficient (Wildman–Crippen LogP) is 3.07. The number of nitrogens with zero attached hydrogens (tertiary/aromatic N) is 3. The van der Waals surface area contributed by atoms with Crippen LogP contribution in [0.25, 0.3) is 0 Å². The topological polar surface area (TPSA) is 76.5 Å². The normalized spacial score (nSPS) is 13.1. The third kappa shape index (κ3) is 4.05. The van der Waals surface area contributed by atoms with Crippen LogP contribution in [0, 0.1) is 6.92 Å². The molecule has 0 spiro atoms. The molecule has 0 bridgehead atoms. The van der Waals surface area contributed by atoms with Gasteiger partial charge in [-0.15, -0.1) is 0 Å². The summed E-state index contributed by atoms with van der Waals surface area (Å²) in [4.78, 5) is 26.7. The van der Waals surface area contributed by atoms with Crippen LogP contribution in [0.15, 0.2) is 54.6 Å². The van der Waals surface area contributed by atoms with Gasteiger partial charge < -0.3 is 10.1 Å². The predicted molar refractivity (Wildman–Crippen MR) is 113 cm³/mol. The monoisotopic (exact) mass is 404 g/mol. The van der Waals surface area contributed by atoms with E-state index in [0.29, 0.717) is 31.6 Å². The van der Waals surface area contributed by atoms with Crippen LogP contribution in [0.1, 0.15) is 33.6 Å². The number of amides is 2. The molecule has 154 valence electrons. The van der Waals surface area contributed by atoms with Crippen LogP contribution in [-0.4, -0.2) is 28.7 Å². The highest BCUT2D eigenvalue weighted by Gasteiger charge is 2.25. The number of hydrogen-bond acceptors (Lipinski definition) is 4. The molecule has 0 saturated heterocycles. The number of carbonyl (C=O) groups excluding carboxylic acids is 2. The molecule has 2 aromatic carbocycles. The molecule has 0 aliphatic carbocycles. The van der Waals surface area contributed by atoms with Crippen LogP contribution in [-0.2, 0) is 24.4 Å². The average Bonchev–Trinajstić information content (AvgIpc) is 3.15. The second-order valence-electron chi connectivity index (χ2n) is 7.29. The number of carbonyl (C=O) groups is 2. The number of hydrogen-bond donors (Lipinski definition) is 1. The number of rotatable bonds is 6. The Morgan fingerprint density at radius 3 is 2.70 bits per heavy atom. The standard InChI is InChI=1S/C23H24N4O3/c1-16-13-21-26(22(28)11-12-27(21)25-16)15-17-7-9-18(10-8-17)23(29)24-14-19-5-3-4-6-20(19)30-2/h3-10,13H,11-12,14-15H2,1-2H3,(H,24,29). The summed E-state index contributed by atoms with van der Waals surface area (Å²) < 4.78 is 7.19. The van der Waals surface area contributed by atoms with Gasteiger partial charge in [-0.1, -0.05) is 30.3 Å². The molecule has 0 unspecified atom stereocenters. The molecule has 2 amide bonds. The zero-order valence-corrected chi connectivity index (χ0v) is 17.1. The first kappa shape index (κ1) is 19.7. The Bertz CT molecular complexity index is 1070. The summed E-state index contributed by atoms with van der Waals surface area (Å²) in [6.07, 6.45) is 0.442. The largest absolute Gasteiger partial charge is 0.496 e. The van der Waals surface area contributed by atoms with E-state index < -0.39 is 0 Å². The first-order valence-corrected chi connectivity index (χ1v) is 9.89. The molecule has 0 fully saturated rings. The van der Waals surface area contributed by atoms with E-state index in [0.717, 1.165) is 28.4 Å². The molecular weight excluding hydrogens is 380 g/mol. The SMILES string of the molecule is COc1ccccc1CNC(=O)c1ccc(CN2C(=O)CCn3nc(C)cc32)cc1. The molecule has 0 saturated carbocycles. The Labute approximate surface area is 175 Å². The molecule has 1 aliphatic rings. The number of ether oxygens (including phenoxy) is 1. The second kappa shape index (κ2) is 8.41. The van der Waals surface area contributed by atoms with Crippen LogP contribution in [0.5, 0.6) is 5.75 Å². The van der Waals surface area contributed by atoms with Crippen LogP contribution < -0.4 is 15.0 Å². The summed E-state index contributed by atoms with van der Waals surface area (Å²) in [7, 11) is 1.61. The summed E-state index contributed by atoms with van der Waals surface area (Å²) in [5, 5.41) is 7.35. The van der Waals surface area contributed by atoms with E-state index in [2.05, 4.69) is 10.4 Å². The molecule has 1 aliphatic heterocycles. The fraction of sp³-hybridized carbons (Fsp3) is 0.261. The van der Waals surface area contributed by atoms with Crippen molar-refractivity contribution >= 4 is 17.6 Å². The maximum absolute atomic E-state index is 12.5. The van der Waals surface area contributed by atoms with Crippen molar-refractivity contribution in [1.82, 2.24) is 15.1 Å². The molecule has 0 radical (unpaired) electrons. The Morgan fingerprint density at radius 1 is 1.17 bits per heavy atom. The smallest absolute Gasteiger partial charge is 0.251 e. The number of benzene rings is 2. The van der Waals surface area contributed by atoms with E-state index in [-0.39, 0.29) is 11.8 Å². The Morgan fingerprint density at radius 2 is 1.93 bits per heavy atom. The zero-order valence-electron chi connectivity index (χ0n) is 17.1. The third-order valence-corrected chi connectivity index (χ3v) is 5.18. The molecule has 7 nitrogen and oxygen atoms in total. The van der Waals surface area contributed by atoms with Gasteiger partial charge in [0.2, 0.25) is 5.91 Å². The minimum atomic E-state index is -0.157. The molecule has 4 rings (SSSR count). The van der Waals surface area contributed by atoms with Crippen molar-refractivity contribution in [3.8, 4) is 5.75 Å². The Balaban J connectivity index is 1.42. The minimum absolute atomic E-state index is 0.0843. The van der Waals surface area contributed by atoms with E-state index in [1.165, 1.54) is 0 Å². The van der Waals surface area contributed by atoms with Crippen molar-refractivity contribution in [2.45, 2.75) is 33.0 Å². The van der Waals surface area contributed by atoms with Gasteiger partial charge in [-0.3, -0.25) is 14.5 Å². The number of anilines is 1. The summed E-state index contributed by atoms with van der Waals surface area (Å²) in [6, 6.07) is 16.8. The van der Waals surface area contributed by atoms with E-state index in [1.807, 2.05) is 54.1 Å². The van der Waals surface area contributed by atoms with Crippen molar-refractivity contribution in [3.63, 3.8) is 0 Å². The lowest BCUT2D eigenvalue weighted by molar-refractivity contribution is -0.119. The lowest BCUT2D eigenvalue weighted by Gasteiger charge is -2.27. The van der Waals surface area contributed by atoms with Gasteiger partial charge in [0, 0.05) is 30.2 Å². The van der Waals surface area contributed by atoms with Crippen molar-refractivity contribution in [2.24, 2.45) is 0 Å². The van der Waals surface area contributed by atoms with E-state index in [1.54, 1.807) is 24.1 Å². The van der Waals surface area contributed by atoms with Crippen molar-refractivity contribution < 1.29 is 14.3 Å². The molecule has 2 heterocycles. The minimum Gasteiger partial charge on any atom is -0.496 e. The van der Waals surface area contributed by atoms with Gasteiger partial charge in [0.15, 0.2) is 0 Å².